The highest BCUT2D eigenvalue weighted by Gasteiger charge is 2.33. The van der Waals surface area contributed by atoms with E-state index in [1.165, 1.54) is 22.4 Å². The molecule has 160 valence electrons. The minimum atomic E-state index is 0.213. The van der Waals surface area contributed by atoms with Crippen molar-refractivity contribution in [3.05, 3.63) is 77.1 Å². The summed E-state index contributed by atoms with van der Waals surface area (Å²) in [7, 11) is 1.97. The number of aromatic nitrogens is 2. The Morgan fingerprint density at radius 1 is 1.03 bits per heavy atom. The first kappa shape index (κ1) is 19.9. The van der Waals surface area contributed by atoms with Gasteiger partial charge in [-0.1, -0.05) is 18.2 Å². The zero-order chi connectivity index (χ0) is 21.4. The number of benzene rings is 2. The van der Waals surface area contributed by atoms with Gasteiger partial charge >= 0.3 is 0 Å². The number of carbonyl (C=O) groups is 1. The predicted molar refractivity (Wildman–Crippen MR) is 122 cm³/mol. The number of piperidine rings is 1. The van der Waals surface area contributed by atoms with Crippen molar-refractivity contribution >= 4 is 12.0 Å². The predicted octanol–water partition coefficient (Wildman–Crippen LogP) is 4.40. The van der Waals surface area contributed by atoms with Crippen molar-refractivity contribution in [1.29, 1.82) is 0 Å². The second kappa shape index (κ2) is 8.22. The third kappa shape index (κ3) is 3.85. The van der Waals surface area contributed by atoms with Gasteiger partial charge in [-0.3, -0.25) is 4.68 Å². The number of phenols is 1. The maximum atomic E-state index is 11.1. The minimum Gasteiger partial charge on any atom is -0.508 e. The Labute approximate surface area is 183 Å². The van der Waals surface area contributed by atoms with Crippen LogP contribution in [-0.4, -0.2) is 34.3 Å². The number of hydrogen-bond donors (Lipinski definition) is 1. The van der Waals surface area contributed by atoms with Gasteiger partial charge in [0.25, 0.3) is 0 Å². The first-order valence-electron chi connectivity index (χ1n) is 11.2. The van der Waals surface area contributed by atoms with E-state index >= 15 is 0 Å². The number of aryl methyl sites for hydroxylation is 2. The third-order valence-corrected chi connectivity index (χ3v) is 7.05. The van der Waals surface area contributed by atoms with E-state index in [2.05, 4.69) is 41.3 Å². The monoisotopic (exact) mass is 415 g/mol. The molecule has 0 unspecified atom stereocenters. The molecular weight excluding hydrogens is 386 g/mol. The molecule has 0 amide bonds. The van der Waals surface area contributed by atoms with E-state index in [9.17, 15) is 9.90 Å². The smallest absolute Gasteiger partial charge is 0.123 e. The maximum Gasteiger partial charge on any atom is 0.123 e. The van der Waals surface area contributed by atoms with E-state index in [4.69, 9.17) is 5.10 Å². The van der Waals surface area contributed by atoms with Crippen LogP contribution in [-0.2, 0) is 18.3 Å². The van der Waals surface area contributed by atoms with Gasteiger partial charge in [-0.2, -0.15) is 5.10 Å². The van der Waals surface area contributed by atoms with Crippen LogP contribution in [0.3, 0.4) is 0 Å². The van der Waals surface area contributed by atoms with Crippen molar-refractivity contribution in [3.8, 4) is 5.75 Å². The number of nitrogens with zero attached hydrogens (tertiary/aromatic N) is 3. The second-order valence-electron chi connectivity index (χ2n) is 8.97. The third-order valence-electron chi connectivity index (χ3n) is 7.05. The number of phenolic OH excluding ortho intramolecular Hbond substituents is 1. The van der Waals surface area contributed by atoms with Crippen LogP contribution in [0.5, 0.6) is 5.75 Å². The topological polar surface area (TPSA) is 58.4 Å². The lowest BCUT2D eigenvalue weighted by molar-refractivity contribution is -0.111. The van der Waals surface area contributed by atoms with Crippen LogP contribution in [0.4, 0.5) is 5.69 Å². The average molecular weight is 416 g/mol. The molecule has 5 nitrogen and oxygen atoms in total. The highest BCUT2D eigenvalue weighted by atomic mass is 16.3. The van der Waals surface area contributed by atoms with E-state index in [1.807, 2.05) is 24.0 Å². The number of anilines is 1. The Morgan fingerprint density at radius 3 is 2.48 bits per heavy atom. The van der Waals surface area contributed by atoms with Gasteiger partial charge in [-0.25, -0.2) is 0 Å². The van der Waals surface area contributed by atoms with Crippen molar-refractivity contribution in [1.82, 2.24) is 9.78 Å². The summed E-state index contributed by atoms with van der Waals surface area (Å²) in [6.07, 6.45) is 6.96. The summed E-state index contributed by atoms with van der Waals surface area (Å²) in [6.45, 7) is 1.87. The van der Waals surface area contributed by atoms with Gasteiger partial charge in [0.2, 0.25) is 0 Å². The Kier molecular flexibility index (Phi) is 5.26. The summed E-state index contributed by atoms with van der Waals surface area (Å²) in [4.78, 5) is 13.4. The van der Waals surface area contributed by atoms with Gasteiger partial charge in [0.15, 0.2) is 0 Å². The highest BCUT2D eigenvalue weighted by Crippen LogP contribution is 2.46. The van der Waals surface area contributed by atoms with Crippen LogP contribution >= 0.6 is 0 Å². The van der Waals surface area contributed by atoms with Gasteiger partial charge in [-0.05, 0) is 72.7 Å². The molecule has 1 aromatic heterocycles. The molecule has 0 radical (unpaired) electrons. The molecule has 1 aliphatic carbocycles. The Bertz CT molecular complexity index is 1060. The summed E-state index contributed by atoms with van der Waals surface area (Å²) >= 11 is 0. The molecule has 0 spiro atoms. The Balaban J connectivity index is 1.47. The zero-order valence-electron chi connectivity index (χ0n) is 17.9. The van der Waals surface area contributed by atoms with E-state index in [1.54, 1.807) is 6.07 Å². The molecule has 5 rings (SSSR count). The van der Waals surface area contributed by atoms with Crippen molar-refractivity contribution < 1.29 is 9.90 Å². The van der Waals surface area contributed by atoms with Crippen molar-refractivity contribution in [3.63, 3.8) is 0 Å². The van der Waals surface area contributed by atoms with E-state index in [-0.39, 0.29) is 11.8 Å². The van der Waals surface area contributed by atoms with Crippen LogP contribution in [0.1, 0.15) is 53.5 Å². The lowest BCUT2D eigenvalue weighted by Gasteiger charge is -2.34. The standard InChI is InChI=1S/C26H29N3O2/c1-28-13-12-25(27-28)24-8-4-20-16-22(31)7-9-23(20)26(24)19-2-5-21(6-3-19)29-14-10-18(17-30)11-15-29/h2-3,5-7,9,12-13,16-18,24,26,31H,4,8,10-11,14-15H2,1H3/t24-,26-/m0/s1. The molecule has 31 heavy (non-hydrogen) atoms. The SMILES string of the molecule is Cn1ccc([C@@H]2CCc3cc(O)ccc3[C@@H]2c2ccc(N3CCC(C=O)CC3)cc2)n1. The summed E-state index contributed by atoms with van der Waals surface area (Å²) in [5.74, 6) is 1.08. The molecule has 3 aromatic rings. The van der Waals surface area contributed by atoms with Crippen molar-refractivity contribution in [2.75, 3.05) is 18.0 Å². The quantitative estimate of drug-likeness (QED) is 0.642. The number of fused-ring (bicyclic) bond motifs is 1. The molecule has 5 heteroatoms. The summed E-state index contributed by atoms with van der Waals surface area (Å²) in [5.41, 5.74) is 6.17. The van der Waals surface area contributed by atoms with Gasteiger partial charge in [0, 0.05) is 49.8 Å². The largest absolute Gasteiger partial charge is 0.508 e. The van der Waals surface area contributed by atoms with E-state index < -0.39 is 0 Å². The van der Waals surface area contributed by atoms with Gasteiger partial charge in [0.05, 0.1) is 5.69 Å². The first-order chi connectivity index (χ1) is 15.1. The molecular formula is C26H29N3O2. The normalized spacial score (nSPS) is 21.6. The molecule has 1 N–H and O–H groups in total. The van der Waals surface area contributed by atoms with Gasteiger partial charge in [-0.15, -0.1) is 0 Å². The van der Waals surface area contributed by atoms with Crippen LogP contribution in [0.15, 0.2) is 54.7 Å². The Hall–Kier alpha value is -3.08. The van der Waals surface area contributed by atoms with Crippen molar-refractivity contribution in [2.45, 2.75) is 37.5 Å². The second-order valence-corrected chi connectivity index (χ2v) is 8.97. The fourth-order valence-electron chi connectivity index (χ4n) is 5.35. The summed E-state index contributed by atoms with van der Waals surface area (Å²) in [6, 6.07) is 16.9. The lowest BCUT2D eigenvalue weighted by Crippen LogP contribution is -2.34. The molecule has 2 heterocycles. The molecule has 2 aromatic carbocycles. The number of hydrogen-bond acceptors (Lipinski definition) is 4. The Morgan fingerprint density at radius 2 is 1.81 bits per heavy atom. The average Bonchev–Trinajstić information content (AvgIpc) is 3.24. The highest BCUT2D eigenvalue weighted by molar-refractivity contribution is 5.56. The fraction of sp³-hybridized carbons (Fsp3) is 0.385. The fourth-order valence-corrected chi connectivity index (χ4v) is 5.35. The van der Waals surface area contributed by atoms with Crippen LogP contribution in [0.2, 0.25) is 0 Å². The van der Waals surface area contributed by atoms with E-state index in [0.717, 1.165) is 50.8 Å². The number of carbonyl (C=O) groups excluding carboxylic acids is 1. The number of rotatable bonds is 4. The summed E-state index contributed by atoms with van der Waals surface area (Å²) in [5, 5.41) is 14.7. The number of aldehydes is 1. The lowest BCUT2D eigenvalue weighted by atomic mass is 9.70. The first-order valence-corrected chi connectivity index (χ1v) is 11.2. The summed E-state index contributed by atoms with van der Waals surface area (Å²) < 4.78 is 1.88. The maximum absolute atomic E-state index is 11.1. The molecule has 1 aliphatic heterocycles. The van der Waals surface area contributed by atoms with Gasteiger partial charge in [0.1, 0.15) is 12.0 Å². The molecule has 2 atom stereocenters. The molecule has 2 aliphatic rings. The molecule has 0 saturated carbocycles. The molecule has 1 fully saturated rings. The molecule has 1 saturated heterocycles. The van der Waals surface area contributed by atoms with Crippen molar-refractivity contribution in [2.24, 2.45) is 13.0 Å². The van der Waals surface area contributed by atoms with Gasteiger partial charge < -0.3 is 14.8 Å². The van der Waals surface area contributed by atoms with E-state index in [0.29, 0.717) is 11.7 Å². The van der Waals surface area contributed by atoms with Crippen LogP contribution < -0.4 is 4.90 Å². The van der Waals surface area contributed by atoms with Crippen LogP contribution in [0.25, 0.3) is 0 Å². The minimum absolute atomic E-state index is 0.213. The number of aromatic hydroxyl groups is 1. The molecule has 0 bridgehead atoms. The zero-order valence-corrected chi connectivity index (χ0v) is 17.9. The van der Waals surface area contributed by atoms with Crippen LogP contribution in [0, 0.1) is 5.92 Å².